The van der Waals surface area contributed by atoms with E-state index in [9.17, 15) is 0 Å². The van der Waals surface area contributed by atoms with Gasteiger partial charge in [0.25, 0.3) is 0 Å². The minimum absolute atomic E-state index is 0.815. The summed E-state index contributed by atoms with van der Waals surface area (Å²) in [7, 11) is 0. The summed E-state index contributed by atoms with van der Waals surface area (Å²) in [6.45, 7) is 2.27. The Labute approximate surface area is 132 Å². The molecule has 0 heterocycles. The van der Waals surface area contributed by atoms with Gasteiger partial charge in [-0.2, -0.15) is 0 Å². The average molecular weight is 256 g/mol. The van der Waals surface area contributed by atoms with E-state index in [1.54, 1.807) is 0 Å². The van der Waals surface area contributed by atoms with Gasteiger partial charge in [-0.25, -0.2) is 0 Å². The van der Waals surface area contributed by atoms with E-state index in [1.807, 2.05) is 0 Å². The molecular weight excluding hydrogens is 235 g/mol. The van der Waals surface area contributed by atoms with Crippen molar-refractivity contribution in [2.45, 2.75) is 30.8 Å². The first kappa shape index (κ1) is 15.2. The third-order valence-corrected chi connectivity index (χ3v) is 3.54. The Morgan fingerprint density at radius 1 is 1.00 bits per heavy atom. The number of rotatable bonds is 3. The van der Waals surface area contributed by atoms with Gasteiger partial charge in [0.2, 0.25) is 0 Å². The van der Waals surface area contributed by atoms with Crippen LogP contribution >= 0.6 is 0 Å². The van der Waals surface area contributed by atoms with Crippen LogP contribution in [0.25, 0.3) is 6.08 Å². The summed E-state index contributed by atoms with van der Waals surface area (Å²) in [5.74, 6) is 0. The molecule has 1 atom stereocenters. The van der Waals surface area contributed by atoms with Gasteiger partial charge in [-0.3, -0.25) is 0 Å². The second-order valence-corrected chi connectivity index (χ2v) is 5.72. The Balaban J connectivity index is 0.000000149. The number of allylic oxidation sites excluding steroid dienone is 1. The fraction of sp³-hybridized carbons (Fsp3) is 0.263. The van der Waals surface area contributed by atoms with Crippen LogP contribution in [0.3, 0.4) is 0 Å². The summed E-state index contributed by atoms with van der Waals surface area (Å²) in [6.07, 6.45) is 8.01. The topological polar surface area (TPSA) is 0 Å². The van der Waals surface area contributed by atoms with Crippen molar-refractivity contribution >= 4 is 23.8 Å². The summed E-state index contributed by atoms with van der Waals surface area (Å²) in [5.41, 5.74) is 4.30. The van der Waals surface area contributed by atoms with Crippen LogP contribution in [0.15, 0.2) is 60.7 Å². The summed E-state index contributed by atoms with van der Waals surface area (Å²) >= 11 is 2.27. The maximum absolute atomic E-state index is 2.27. The van der Waals surface area contributed by atoms with Crippen molar-refractivity contribution < 1.29 is 0 Å². The minimum atomic E-state index is 0.815. The fourth-order valence-corrected chi connectivity index (χ4v) is 2.30. The predicted octanol–water partition coefficient (Wildman–Crippen LogP) is 4.85. The second kappa shape index (κ2) is 8.15. The third-order valence-electron chi connectivity index (χ3n) is 3.54. The van der Waals surface area contributed by atoms with Crippen LogP contribution in [0.1, 0.15) is 30.0 Å². The van der Waals surface area contributed by atoms with E-state index in [2.05, 4.69) is 91.4 Å². The first-order valence-electron chi connectivity index (χ1n) is 7.54. The molecule has 20 heavy (non-hydrogen) atoms. The molecule has 1 unspecified atom stereocenters. The molecule has 0 fully saturated rings. The first-order valence-corrected chi connectivity index (χ1v) is 7.54. The Kier molecular flexibility index (Phi) is 6.18. The normalized spacial score (nSPS) is 13.3. The molecule has 0 bridgehead atoms. The summed E-state index contributed by atoms with van der Waals surface area (Å²) in [6, 6.07) is 19.2. The van der Waals surface area contributed by atoms with Gasteiger partial charge in [0.05, 0.1) is 0 Å². The average Bonchev–Trinajstić information content (AvgIpc) is 2.95. The van der Waals surface area contributed by atoms with E-state index in [1.165, 1.54) is 29.5 Å². The zero-order valence-corrected chi connectivity index (χ0v) is 12.5. The van der Waals surface area contributed by atoms with Crippen molar-refractivity contribution in [1.82, 2.24) is 0 Å². The van der Waals surface area contributed by atoms with Crippen LogP contribution in [-0.2, 0) is 12.8 Å². The van der Waals surface area contributed by atoms with Gasteiger partial charge in [0, 0.05) is 0 Å². The van der Waals surface area contributed by atoms with E-state index in [0.717, 1.165) is 11.0 Å². The van der Waals surface area contributed by atoms with E-state index < -0.39 is 0 Å². The van der Waals surface area contributed by atoms with Crippen LogP contribution < -0.4 is 0 Å². The van der Waals surface area contributed by atoms with E-state index in [4.69, 9.17) is 0 Å². The number of hydrogen-bond acceptors (Lipinski definition) is 0. The van der Waals surface area contributed by atoms with E-state index in [-0.39, 0.29) is 0 Å². The Morgan fingerprint density at radius 3 is 2.40 bits per heavy atom. The van der Waals surface area contributed by atoms with Crippen molar-refractivity contribution in [3.63, 3.8) is 0 Å². The van der Waals surface area contributed by atoms with Crippen LogP contribution in [0.5, 0.6) is 0 Å². The molecule has 3 rings (SSSR count). The number of fused-ring (bicyclic) bond motifs is 1. The molecule has 0 radical (unpaired) electrons. The molecule has 2 aromatic carbocycles. The number of benzene rings is 2. The van der Waals surface area contributed by atoms with Crippen molar-refractivity contribution in [1.29, 1.82) is 0 Å². The maximum atomic E-state index is 2.27. The van der Waals surface area contributed by atoms with Crippen LogP contribution in [0.4, 0.5) is 0 Å². The Bertz CT molecular complexity index is 541. The van der Waals surface area contributed by atoms with Gasteiger partial charge in [-0.1, -0.05) is 36.4 Å². The Hall–Kier alpha value is -1.22. The molecule has 0 aromatic heterocycles. The van der Waals surface area contributed by atoms with E-state index >= 15 is 0 Å². The molecule has 0 spiro atoms. The quantitative estimate of drug-likeness (QED) is 0.688. The monoisotopic (exact) mass is 256 g/mol. The number of hydrogen-bond donors (Lipinski definition) is 0. The van der Waals surface area contributed by atoms with Crippen molar-refractivity contribution in [2.24, 2.45) is 0 Å². The summed E-state index contributed by atoms with van der Waals surface area (Å²) in [4.78, 5) is 0. The second-order valence-electron chi connectivity index (χ2n) is 5.72. The molecular formula is C19H21Li. The molecule has 0 aliphatic heterocycles. The van der Waals surface area contributed by atoms with Crippen LogP contribution in [-0.4, -0.2) is 17.7 Å². The van der Waals surface area contributed by atoms with E-state index in [0.29, 0.717) is 0 Å². The van der Waals surface area contributed by atoms with Crippen LogP contribution in [0.2, 0.25) is 4.59 Å². The summed E-state index contributed by atoms with van der Waals surface area (Å²) < 4.78 is 0.815. The molecule has 98 valence electrons. The predicted molar refractivity (Wildman–Crippen MR) is 89.1 cm³/mol. The van der Waals surface area contributed by atoms with Crippen molar-refractivity contribution in [3.05, 3.63) is 77.4 Å². The zero-order chi connectivity index (χ0) is 14.2. The van der Waals surface area contributed by atoms with Gasteiger partial charge in [0.15, 0.2) is 0 Å². The molecule has 2 aromatic rings. The zero-order valence-electron chi connectivity index (χ0n) is 12.5. The third kappa shape index (κ3) is 5.04. The summed E-state index contributed by atoms with van der Waals surface area (Å²) in [5, 5.41) is 0. The molecule has 0 amide bonds. The van der Waals surface area contributed by atoms with Crippen molar-refractivity contribution in [2.75, 3.05) is 0 Å². The van der Waals surface area contributed by atoms with Crippen molar-refractivity contribution in [3.8, 4) is 0 Å². The molecule has 1 aliphatic rings. The SMILES string of the molecule is C1=Cc2ccccc2C1.[Li][CH](C)CCc1ccccc1. The molecule has 0 nitrogen and oxygen atoms in total. The van der Waals surface area contributed by atoms with Gasteiger partial charge in [0.1, 0.15) is 0 Å². The van der Waals surface area contributed by atoms with Gasteiger partial charge in [-0.05, 0) is 17.5 Å². The first-order chi connectivity index (χ1) is 9.75. The van der Waals surface area contributed by atoms with Crippen LogP contribution in [0, 0.1) is 0 Å². The molecule has 0 saturated heterocycles. The van der Waals surface area contributed by atoms with Gasteiger partial charge in [-0.15, -0.1) is 0 Å². The fourth-order valence-electron chi connectivity index (χ4n) is 2.30. The van der Waals surface area contributed by atoms with Gasteiger partial charge >= 0.3 is 78.0 Å². The molecule has 0 saturated carbocycles. The number of aryl methyl sites for hydroxylation is 1. The Morgan fingerprint density at radius 2 is 1.70 bits per heavy atom. The standard InChI is InChI=1S/C10H13.C9H8.Li/c1-2-3-7-10-8-5-4-6-9-10;1-2-5-9-7-3-6-8(9)4-1;/h2,4-6,8-9H,3,7H2,1H3;1-6H,7H2;. The van der Waals surface area contributed by atoms with Gasteiger partial charge < -0.3 is 0 Å². The molecule has 1 aliphatic carbocycles. The molecule has 1 heteroatoms. The molecule has 0 N–H and O–H groups in total.